The predicted molar refractivity (Wildman–Crippen MR) is 121 cm³/mol. The van der Waals surface area contributed by atoms with E-state index in [0.29, 0.717) is 32.8 Å². The Kier molecular flexibility index (Phi) is 7.34. The first-order chi connectivity index (χ1) is 14.5. The SMILES string of the molecule is COc1ccc(NC(=O)CCSc2nc(-c3ccc(C)cc3)ccc2C#N)cc1Cl. The van der Waals surface area contributed by atoms with E-state index in [1.807, 2.05) is 37.3 Å². The number of nitrogens with one attached hydrogen (secondary N) is 1. The molecule has 0 atom stereocenters. The molecule has 152 valence electrons. The monoisotopic (exact) mass is 437 g/mol. The Labute approximate surface area is 185 Å². The molecule has 30 heavy (non-hydrogen) atoms. The van der Waals surface area contributed by atoms with Gasteiger partial charge in [0, 0.05) is 23.4 Å². The zero-order chi connectivity index (χ0) is 21.5. The number of methoxy groups -OCH3 is 1. The van der Waals surface area contributed by atoms with Crippen LogP contribution in [0.1, 0.15) is 17.5 Å². The number of aryl methyl sites for hydroxylation is 1. The number of carbonyl (C=O) groups excluding carboxylic acids is 1. The third-order valence-electron chi connectivity index (χ3n) is 4.33. The minimum Gasteiger partial charge on any atom is -0.495 e. The Balaban J connectivity index is 1.62. The van der Waals surface area contributed by atoms with E-state index in [1.54, 1.807) is 24.3 Å². The first kappa shape index (κ1) is 21.7. The van der Waals surface area contributed by atoms with Gasteiger partial charge in [-0.3, -0.25) is 4.79 Å². The van der Waals surface area contributed by atoms with Gasteiger partial charge in [0.05, 0.1) is 23.4 Å². The topological polar surface area (TPSA) is 75.0 Å². The summed E-state index contributed by atoms with van der Waals surface area (Å²) in [5, 5.41) is 13.2. The molecule has 0 aliphatic rings. The van der Waals surface area contributed by atoms with Gasteiger partial charge in [-0.1, -0.05) is 41.4 Å². The summed E-state index contributed by atoms with van der Waals surface area (Å²) in [6.07, 6.45) is 0.273. The number of halogens is 1. The minimum atomic E-state index is -0.142. The molecule has 3 aromatic rings. The molecule has 0 bridgehead atoms. The van der Waals surface area contributed by atoms with E-state index in [0.717, 1.165) is 11.3 Å². The van der Waals surface area contributed by atoms with E-state index in [-0.39, 0.29) is 12.3 Å². The Morgan fingerprint density at radius 1 is 1.20 bits per heavy atom. The Hall–Kier alpha value is -3.01. The van der Waals surface area contributed by atoms with Gasteiger partial charge in [-0.05, 0) is 37.3 Å². The number of carbonyl (C=O) groups is 1. The van der Waals surface area contributed by atoms with Crippen molar-refractivity contribution in [3.63, 3.8) is 0 Å². The summed E-state index contributed by atoms with van der Waals surface area (Å²) in [6, 6.07) is 18.9. The second-order valence-corrected chi connectivity index (χ2v) is 8.01. The molecular formula is C23H20ClN3O2S. The molecule has 0 aliphatic heterocycles. The lowest BCUT2D eigenvalue weighted by atomic mass is 10.1. The van der Waals surface area contributed by atoms with Crippen molar-refractivity contribution in [3.05, 3.63) is 70.7 Å². The molecule has 0 aliphatic carbocycles. The minimum absolute atomic E-state index is 0.142. The maximum absolute atomic E-state index is 12.3. The smallest absolute Gasteiger partial charge is 0.225 e. The number of pyridine rings is 1. The zero-order valence-corrected chi connectivity index (χ0v) is 18.2. The van der Waals surface area contributed by atoms with Gasteiger partial charge in [-0.2, -0.15) is 5.26 Å². The molecule has 7 heteroatoms. The standard InChI is InChI=1S/C23H20ClN3O2S/c1-15-3-5-16(6-4-15)20-9-7-17(14-25)23(27-20)30-12-11-22(28)26-18-8-10-21(29-2)19(24)13-18/h3-10,13H,11-12H2,1-2H3,(H,26,28). The second kappa shape index (κ2) is 10.1. The van der Waals surface area contributed by atoms with Gasteiger partial charge in [0.25, 0.3) is 0 Å². The molecule has 0 saturated heterocycles. The van der Waals surface area contributed by atoms with Crippen molar-refractivity contribution < 1.29 is 9.53 Å². The van der Waals surface area contributed by atoms with Crippen LogP contribution in [0.25, 0.3) is 11.3 Å². The van der Waals surface area contributed by atoms with Crippen LogP contribution in [0, 0.1) is 18.3 Å². The van der Waals surface area contributed by atoms with Crippen LogP contribution in [-0.2, 0) is 4.79 Å². The van der Waals surface area contributed by atoms with E-state index in [1.165, 1.54) is 24.4 Å². The largest absolute Gasteiger partial charge is 0.495 e. The molecule has 0 unspecified atom stereocenters. The van der Waals surface area contributed by atoms with Crippen molar-refractivity contribution in [1.82, 2.24) is 4.98 Å². The van der Waals surface area contributed by atoms with Crippen LogP contribution >= 0.6 is 23.4 Å². The maximum Gasteiger partial charge on any atom is 0.225 e. The number of ether oxygens (including phenoxy) is 1. The summed E-state index contributed by atoms with van der Waals surface area (Å²) >= 11 is 7.48. The van der Waals surface area contributed by atoms with Crippen LogP contribution in [0.2, 0.25) is 5.02 Å². The number of hydrogen-bond donors (Lipinski definition) is 1. The van der Waals surface area contributed by atoms with Crippen molar-refractivity contribution in [2.24, 2.45) is 0 Å². The Bertz CT molecular complexity index is 1090. The Morgan fingerprint density at radius 2 is 1.97 bits per heavy atom. The molecule has 1 N–H and O–H groups in total. The predicted octanol–water partition coefficient (Wildman–Crippen LogP) is 5.71. The first-order valence-corrected chi connectivity index (χ1v) is 10.6. The molecule has 1 amide bonds. The van der Waals surface area contributed by atoms with E-state index >= 15 is 0 Å². The van der Waals surface area contributed by atoms with Gasteiger partial charge >= 0.3 is 0 Å². The number of aromatic nitrogens is 1. The number of anilines is 1. The highest BCUT2D eigenvalue weighted by atomic mass is 35.5. The molecule has 1 heterocycles. The normalized spacial score (nSPS) is 10.3. The lowest BCUT2D eigenvalue weighted by Crippen LogP contribution is -2.12. The highest BCUT2D eigenvalue weighted by Crippen LogP contribution is 2.28. The van der Waals surface area contributed by atoms with Crippen LogP contribution in [0.4, 0.5) is 5.69 Å². The molecular weight excluding hydrogens is 418 g/mol. The lowest BCUT2D eigenvalue weighted by molar-refractivity contribution is -0.115. The third kappa shape index (κ3) is 5.53. The fourth-order valence-electron chi connectivity index (χ4n) is 2.73. The molecule has 0 fully saturated rings. The van der Waals surface area contributed by atoms with Gasteiger partial charge in [-0.15, -0.1) is 11.8 Å². The van der Waals surface area contributed by atoms with E-state index in [4.69, 9.17) is 16.3 Å². The molecule has 0 radical (unpaired) electrons. The van der Waals surface area contributed by atoms with Crippen LogP contribution in [0.5, 0.6) is 5.75 Å². The summed E-state index contributed by atoms with van der Waals surface area (Å²) in [7, 11) is 1.54. The molecule has 1 aromatic heterocycles. The van der Waals surface area contributed by atoms with Crippen molar-refractivity contribution >= 4 is 35.0 Å². The molecule has 2 aromatic carbocycles. The summed E-state index contributed by atoms with van der Waals surface area (Å²) in [5.74, 6) is 0.903. The number of nitrogens with zero attached hydrogens (tertiary/aromatic N) is 2. The van der Waals surface area contributed by atoms with E-state index in [2.05, 4.69) is 16.4 Å². The average Bonchev–Trinajstić information content (AvgIpc) is 2.74. The lowest BCUT2D eigenvalue weighted by Gasteiger charge is -2.09. The Morgan fingerprint density at radius 3 is 2.63 bits per heavy atom. The number of amides is 1. The molecule has 5 nitrogen and oxygen atoms in total. The number of benzene rings is 2. The quantitative estimate of drug-likeness (QED) is 0.479. The first-order valence-electron chi connectivity index (χ1n) is 9.24. The van der Waals surface area contributed by atoms with Gasteiger partial charge in [-0.25, -0.2) is 4.98 Å². The highest BCUT2D eigenvalue weighted by molar-refractivity contribution is 7.99. The zero-order valence-electron chi connectivity index (χ0n) is 16.6. The van der Waals surface area contributed by atoms with Gasteiger partial charge in [0.2, 0.25) is 5.91 Å². The van der Waals surface area contributed by atoms with Gasteiger partial charge < -0.3 is 10.1 Å². The van der Waals surface area contributed by atoms with Crippen LogP contribution in [0.3, 0.4) is 0 Å². The fraction of sp³-hybridized carbons (Fsp3) is 0.174. The number of nitriles is 1. The van der Waals surface area contributed by atoms with E-state index in [9.17, 15) is 10.1 Å². The van der Waals surface area contributed by atoms with Crippen molar-refractivity contribution in [1.29, 1.82) is 5.26 Å². The van der Waals surface area contributed by atoms with Crippen LogP contribution in [0.15, 0.2) is 59.6 Å². The van der Waals surface area contributed by atoms with E-state index < -0.39 is 0 Å². The summed E-state index contributed by atoms with van der Waals surface area (Å²) < 4.78 is 5.11. The molecule has 0 saturated carbocycles. The molecule has 3 rings (SSSR count). The second-order valence-electron chi connectivity index (χ2n) is 6.52. The van der Waals surface area contributed by atoms with Crippen LogP contribution < -0.4 is 10.1 Å². The summed E-state index contributed by atoms with van der Waals surface area (Å²) in [4.78, 5) is 16.9. The van der Waals surface area contributed by atoms with Gasteiger partial charge in [0.1, 0.15) is 16.8 Å². The maximum atomic E-state index is 12.3. The number of hydrogen-bond acceptors (Lipinski definition) is 5. The number of thioether (sulfide) groups is 1. The summed E-state index contributed by atoms with van der Waals surface area (Å²) in [5.41, 5.74) is 4.06. The summed E-state index contributed by atoms with van der Waals surface area (Å²) in [6.45, 7) is 2.03. The number of rotatable bonds is 7. The van der Waals surface area contributed by atoms with Crippen molar-refractivity contribution in [2.75, 3.05) is 18.2 Å². The third-order valence-corrected chi connectivity index (χ3v) is 5.62. The van der Waals surface area contributed by atoms with Crippen molar-refractivity contribution in [3.8, 4) is 23.1 Å². The highest BCUT2D eigenvalue weighted by Gasteiger charge is 2.10. The van der Waals surface area contributed by atoms with Gasteiger partial charge in [0.15, 0.2) is 0 Å². The van der Waals surface area contributed by atoms with Crippen LogP contribution in [-0.4, -0.2) is 23.8 Å². The van der Waals surface area contributed by atoms with Crippen molar-refractivity contribution in [2.45, 2.75) is 18.4 Å². The fourth-order valence-corrected chi connectivity index (χ4v) is 3.90. The molecule has 0 spiro atoms. The average molecular weight is 438 g/mol.